The van der Waals surface area contributed by atoms with Crippen LogP contribution in [0.2, 0.25) is 0 Å². The van der Waals surface area contributed by atoms with Crippen molar-refractivity contribution in [3.8, 4) is 0 Å². The van der Waals surface area contributed by atoms with Crippen LogP contribution in [0.4, 0.5) is 0 Å². The van der Waals surface area contributed by atoms with Crippen LogP contribution in [0, 0.1) is 17.8 Å². The van der Waals surface area contributed by atoms with Crippen molar-refractivity contribution < 1.29 is 64.0 Å². The van der Waals surface area contributed by atoms with Gasteiger partial charge >= 0.3 is 23.9 Å². The van der Waals surface area contributed by atoms with Crippen LogP contribution in [0.5, 0.6) is 0 Å². The number of allylic oxidation sites excluding steroid dienone is 1. The van der Waals surface area contributed by atoms with Crippen molar-refractivity contribution in [2.24, 2.45) is 17.8 Å². The molecule has 3 rings (SSSR count). The van der Waals surface area contributed by atoms with Gasteiger partial charge in [-0.25, -0.2) is 19.2 Å². The summed E-state index contributed by atoms with van der Waals surface area (Å²) in [6, 6.07) is 9.31. The Bertz CT molecular complexity index is 1330. The highest BCUT2D eigenvalue weighted by atomic mass is 16.8. The van der Waals surface area contributed by atoms with Crippen LogP contribution in [0.1, 0.15) is 58.9 Å². The van der Waals surface area contributed by atoms with Gasteiger partial charge < -0.3 is 44.8 Å². The standard InChI is InChI=1S/C33H44O13/c1-6-18(2)16-19(3)12-13-23(34)44-26-25(36)31(15-14-20(4)24(35)21(5)17-22-10-8-7-9-11-22)45-27(28(37)38)32(43,29(39)40)33(26,46-31)30(41)42/h7-13,18-19,21,24-27,35-36,43H,4,6,14-17H2,1-3,5H3,(H,37,38)(H,39,40)(H,41,42)/b13-12+/t18-,19+,21+,24+,25+,26+,27+,31+,32+,33+/m0/s1. The van der Waals surface area contributed by atoms with Gasteiger partial charge in [0.2, 0.25) is 23.1 Å². The maximum atomic E-state index is 12.9. The average Bonchev–Trinajstić information content (AvgIpc) is 3.22. The molecule has 2 heterocycles. The number of aliphatic hydroxyl groups is 3. The first kappa shape index (κ1) is 36.8. The third-order valence-electron chi connectivity index (χ3n) is 9.03. The fourth-order valence-corrected chi connectivity index (χ4v) is 6.22. The number of aliphatic hydroxyl groups excluding tert-OH is 2. The lowest BCUT2D eigenvalue weighted by Crippen LogP contribution is -2.78. The Hall–Kier alpha value is -3.62. The monoisotopic (exact) mass is 648 g/mol. The van der Waals surface area contributed by atoms with Crippen LogP contribution >= 0.6 is 0 Å². The minimum Gasteiger partial charge on any atom is -0.479 e. The average molecular weight is 649 g/mol. The van der Waals surface area contributed by atoms with Gasteiger partial charge in [-0.1, -0.05) is 77.1 Å². The van der Waals surface area contributed by atoms with Crippen molar-refractivity contribution >= 4 is 23.9 Å². The number of aliphatic carboxylic acids is 3. The summed E-state index contributed by atoms with van der Waals surface area (Å²) in [6.45, 7) is 11.5. The number of esters is 1. The zero-order chi connectivity index (χ0) is 34.6. The zero-order valence-corrected chi connectivity index (χ0v) is 26.4. The van der Waals surface area contributed by atoms with Crippen molar-refractivity contribution in [3.63, 3.8) is 0 Å². The SMILES string of the molecule is C=C(CC[C@@]12O[C@H](C(=O)O)[C@@](O)(C(=O)O)[C@@](C(=O)O)(O1)[C@H](OC(=O)/C=C/[C@@H](C)C[C@@H](C)CC)[C@H]2O)[C@@H](O)[C@H](C)Cc1ccccc1. The van der Waals surface area contributed by atoms with E-state index in [2.05, 4.69) is 6.58 Å². The summed E-state index contributed by atoms with van der Waals surface area (Å²) in [6.07, 6.45) is -4.84. The summed E-state index contributed by atoms with van der Waals surface area (Å²) in [5, 5.41) is 64.1. The molecule has 2 fully saturated rings. The van der Waals surface area contributed by atoms with Gasteiger partial charge in [-0.2, -0.15) is 0 Å². The van der Waals surface area contributed by atoms with Gasteiger partial charge in [-0.05, 0) is 48.2 Å². The summed E-state index contributed by atoms with van der Waals surface area (Å²) < 4.78 is 16.3. The maximum Gasteiger partial charge on any atom is 0.344 e. The predicted octanol–water partition coefficient (Wildman–Crippen LogP) is 2.31. The van der Waals surface area contributed by atoms with Gasteiger partial charge in [0.15, 0.2) is 6.10 Å². The molecule has 10 atom stereocenters. The first-order valence-electron chi connectivity index (χ1n) is 15.2. The van der Waals surface area contributed by atoms with E-state index in [9.17, 15) is 49.8 Å². The van der Waals surface area contributed by atoms with E-state index in [0.29, 0.717) is 18.8 Å². The molecule has 0 spiro atoms. The molecule has 13 heteroatoms. The molecule has 2 bridgehead atoms. The van der Waals surface area contributed by atoms with Crippen molar-refractivity contribution in [1.82, 2.24) is 0 Å². The summed E-state index contributed by atoms with van der Waals surface area (Å²) in [4.78, 5) is 50.5. The highest BCUT2D eigenvalue weighted by Crippen LogP contribution is 2.55. The van der Waals surface area contributed by atoms with E-state index in [-0.39, 0.29) is 23.8 Å². The number of benzene rings is 1. The molecule has 0 amide bonds. The van der Waals surface area contributed by atoms with E-state index in [4.69, 9.17) is 14.2 Å². The first-order chi connectivity index (χ1) is 21.5. The molecular weight excluding hydrogens is 604 g/mol. The Morgan fingerprint density at radius 3 is 2.24 bits per heavy atom. The van der Waals surface area contributed by atoms with Gasteiger partial charge in [-0.3, -0.25) is 0 Å². The van der Waals surface area contributed by atoms with Crippen LogP contribution in [0.15, 0.2) is 54.6 Å². The Labute approximate surface area is 267 Å². The maximum absolute atomic E-state index is 12.9. The van der Waals surface area contributed by atoms with E-state index in [0.717, 1.165) is 18.1 Å². The molecule has 46 heavy (non-hydrogen) atoms. The molecule has 0 saturated carbocycles. The third kappa shape index (κ3) is 6.88. The highest BCUT2D eigenvalue weighted by Gasteiger charge is 2.85. The second-order valence-corrected chi connectivity index (χ2v) is 12.5. The first-order valence-corrected chi connectivity index (χ1v) is 15.2. The van der Waals surface area contributed by atoms with Gasteiger partial charge in [0, 0.05) is 12.5 Å². The Morgan fingerprint density at radius 2 is 1.70 bits per heavy atom. The normalized spacial score (nSPS) is 31.5. The molecule has 1 aromatic rings. The van der Waals surface area contributed by atoms with Gasteiger partial charge in [0.1, 0.15) is 6.10 Å². The minimum atomic E-state index is -3.87. The van der Waals surface area contributed by atoms with E-state index >= 15 is 0 Å². The quantitative estimate of drug-likeness (QED) is 0.0863. The largest absolute Gasteiger partial charge is 0.479 e. The van der Waals surface area contributed by atoms with Crippen molar-refractivity contribution in [2.75, 3.05) is 0 Å². The highest BCUT2D eigenvalue weighted by molar-refractivity contribution is 5.98. The lowest BCUT2D eigenvalue weighted by atomic mass is 9.74. The number of hydrogen-bond donors (Lipinski definition) is 6. The summed E-state index contributed by atoms with van der Waals surface area (Å²) in [5.74, 6) is -10.6. The summed E-state index contributed by atoms with van der Waals surface area (Å²) in [5.41, 5.74) is -6.25. The number of ether oxygens (including phenoxy) is 3. The van der Waals surface area contributed by atoms with Gasteiger partial charge in [0.05, 0.1) is 6.10 Å². The van der Waals surface area contributed by atoms with E-state index in [1.165, 1.54) is 6.08 Å². The molecule has 2 aliphatic heterocycles. The molecule has 13 nitrogen and oxygen atoms in total. The van der Waals surface area contributed by atoms with E-state index in [1.54, 1.807) is 6.92 Å². The molecule has 6 N–H and O–H groups in total. The van der Waals surface area contributed by atoms with Crippen molar-refractivity contribution in [3.05, 3.63) is 60.2 Å². The number of fused-ring (bicyclic) bond motifs is 2. The van der Waals surface area contributed by atoms with Crippen molar-refractivity contribution in [2.45, 2.75) is 101 Å². The molecule has 1 aromatic carbocycles. The lowest BCUT2D eigenvalue weighted by molar-refractivity contribution is -0.374. The fourth-order valence-electron chi connectivity index (χ4n) is 6.22. The number of carbonyl (C=O) groups excluding carboxylic acids is 1. The molecule has 0 radical (unpaired) electrons. The zero-order valence-electron chi connectivity index (χ0n) is 26.4. The third-order valence-corrected chi connectivity index (χ3v) is 9.03. The molecule has 254 valence electrons. The Kier molecular flexibility index (Phi) is 11.6. The van der Waals surface area contributed by atoms with Gasteiger partial charge in [0.25, 0.3) is 0 Å². The number of hydrogen-bond acceptors (Lipinski definition) is 10. The van der Waals surface area contributed by atoms with Crippen LogP contribution in [0.3, 0.4) is 0 Å². The number of carbonyl (C=O) groups is 4. The molecule has 2 saturated heterocycles. The molecule has 0 aliphatic carbocycles. The Morgan fingerprint density at radius 1 is 1.07 bits per heavy atom. The number of carboxylic acids is 3. The lowest BCUT2D eigenvalue weighted by Gasteiger charge is -2.48. The minimum absolute atomic E-state index is 0.108. The molecular formula is C33H44O13. The van der Waals surface area contributed by atoms with Crippen LogP contribution in [-0.4, -0.2) is 95.9 Å². The topological polar surface area (TPSA) is 217 Å². The Balaban J connectivity index is 1.96. The second-order valence-electron chi connectivity index (χ2n) is 12.5. The number of carboxylic acid groups (broad SMARTS) is 3. The van der Waals surface area contributed by atoms with Crippen LogP contribution < -0.4 is 0 Å². The van der Waals surface area contributed by atoms with Crippen LogP contribution in [-0.2, 0) is 39.8 Å². The second kappa shape index (κ2) is 14.4. The number of rotatable bonds is 16. The summed E-state index contributed by atoms with van der Waals surface area (Å²) in [7, 11) is 0. The molecule has 0 aromatic heterocycles. The predicted molar refractivity (Wildman–Crippen MR) is 161 cm³/mol. The van der Waals surface area contributed by atoms with Crippen molar-refractivity contribution in [1.29, 1.82) is 0 Å². The van der Waals surface area contributed by atoms with E-state index < -0.39 is 71.7 Å². The molecule has 0 unspecified atom stereocenters. The van der Waals surface area contributed by atoms with Crippen LogP contribution in [0.25, 0.3) is 0 Å². The fraction of sp³-hybridized carbons (Fsp3) is 0.576. The summed E-state index contributed by atoms with van der Waals surface area (Å²) >= 11 is 0. The van der Waals surface area contributed by atoms with Gasteiger partial charge in [-0.15, -0.1) is 0 Å². The van der Waals surface area contributed by atoms with E-state index in [1.807, 2.05) is 51.1 Å². The molecule has 2 aliphatic rings. The smallest absolute Gasteiger partial charge is 0.344 e.